The highest BCUT2D eigenvalue weighted by atomic mass is 14.1. The fourth-order valence-electron chi connectivity index (χ4n) is 5.38. The lowest BCUT2D eigenvalue weighted by Gasteiger charge is -2.13. The third-order valence-electron chi connectivity index (χ3n) is 7.24. The molecule has 0 heterocycles. The zero-order chi connectivity index (χ0) is 23.9. The molecule has 0 spiro atoms. The number of benzene rings is 7. The van der Waals surface area contributed by atoms with Crippen LogP contribution in [-0.2, 0) is 0 Å². The standard InChI is InChI=1S/C36H24/c1-2-9-26(10-3-1)33-20-21-34(36-13-7-6-12-35(33)36)32-19-18-30-23-29(16-17-31(30)24-32)28-15-14-25-8-4-5-11-27(25)22-28/h1-24H. The Morgan fingerprint density at radius 3 is 1.36 bits per heavy atom. The molecule has 0 N–H and O–H groups in total. The first-order valence-electron chi connectivity index (χ1n) is 12.4. The summed E-state index contributed by atoms with van der Waals surface area (Å²) >= 11 is 0. The van der Waals surface area contributed by atoms with Crippen LogP contribution < -0.4 is 0 Å². The number of hydrogen-bond acceptors (Lipinski definition) is 0. The van der Waals surface area contributed by atoms with Crippen LogP contribution in [0.4, 0.5) is 0 Å². The quantitative estimate of drug-likeness (QED) is 0.248. The van der Waals surface area contributed by atoms with Gasteiger partial charge < -0.3 is 0 Å². The molecule has 0 amide bonds. The lowest BCUT2D eigenvalue weighted by molar-refractivity contribution is 1.63. The monoisotopic (exact) mass is 456 g/mol. The molecule has 7 rings (SSSR count). The highest BCUT2D eigenvalue weighted by Gasteiger charge is 2.10. The molecule has 0 fully saturated rings. The summed E-state index contributed by atoms with van der Waals surface area (Å²) in [5.74, 6) is 0. The van der Waals surface area contributed by atoms with Gasteiger partial charge >= 0.3 is 0 Å². The molecule has 168 valence electrons. The van der Waals surface area contributed by atoms with Crippen molar-refractivity contribution in [2.45, 2.75) is 0 Å². The van der Waals surface area contributed by atoms with E-state index in [1.165, 1.54) is 65.7 Å². The third kappa shape index (κ3) is 3.56. The fourth-order valence-corrected chi connectivity index (χ4v) is 5.38. The zero-order valence-electron chi connectivity index (χ0n) is 19.9. The van der Waals surface area contributed by atoms with E-state index >= 15 is 0 Å². The summed E-state index contributed by atoms with van der Waals surface area (Å²) in [4.78, 5) is 0. The molecule has 0 unspecified atom stereocenters. The summed E-state index contributed by atoms with van der Waals surface area (Å²) in [6, 6.07) is 52.8. The second-order valence-electron chi connectivity index (χ2n) is 9.41. The summed E-state index contributed by atoms with van der Waals surface area (Å²) in [6.45, 7) is 0. The van der Waals surface area contributed by atoms with E-state index in [0.717, 1.165) is 0 Å². The van der Waals surface area contributed by atoms with E-state index in [0.29, 0.717) is 0 Å². The van der Waals surface area contributed by atoms with Crippen molar-refractivity contribution < 1.29 is 0 Å². The Morgan fingerprint density at radius 2 is 0.694 bits per heavy atom. The van der Waals surface area contributed by atoms with Gasteiger partial charge in [-0.05, 0) is 83.9 Å². The third-order valence-corrected chi connectivity index (χ3v) is 7.24. The first-order chi connectivity index (χ1) is 17.8. The van der Waals surface area contributed by atoms with Gasteiger partial charge in [-0.1, -0.05) is 127 Å². The van der Waals surface area contributed by atoms with Gasteiger partial charge in [0.25, 0.3) is 0 Å². The van der Waals surface area contributed by atoms with Crippen molar-refractivity contribution in [2.24, 2.45) is 0 Å². The summed E-state index contributed by atoms with van der Waals surface area (Å²) in [6.07, 6.45) is 0. The van der Waals surface area contributed by atoms with Crippen molar-refractivity contribution in [1.29, 1.82) is 0 Å². The van der Waals surface area contributed by atoms with E-state index in [-0.39, 0.29) is 0 Å². The van der Waals surface area contributed by atoms with Crippen LogP contribution in [0, 0.1) is 0 Å². The summed E-state index contributed by atoms with van der Waals surface area (Å²) in [5.41, 5.74) is 7.54. The van der Waals surface area contributed by atoms with Gasteiger partial charge in [0.1, 0.15) is 0 Å². The molecule has 0 radical (unpaired) electrons. The Hall–Kier alpha value is -4.68. The Balaban J connectivity index is 1.32. The molecule has 0 bridgehead atoms. The van der Waals surface area contributed by atoms with Gasteiger partial charge in [0.15, 0.2) is 0 Å². The molecule has 0 atom stereocenters. The van der Waals surface area contributed by atoms with Crippen LogP contribution in [0.25, 0.3) is 65.7 Å². The second-order valence-corrected chi connectivity index (χ2v) is 9.41. The van der Waals surface area contributed by atoms with Crippen LogP contribution in [0.5, 0.6) is 0 Å². The van der Waals surface area contributed by atoms with Crippen LogP contribution in [0.15, 0.2) is 146 Å². The molecule has 7 aromatic rings. The summed E-state index contributed by atoms with van der Waals surface area (Å²) in [7, 11) is 0. The summed E-state index contributed by atoms with van der Waals surface area (Å²) in [5, 5.41) is 7.63. The molecule has 36 heavy (non-hydrogen) atoms. The fraction of sp³-hybridized carbons (Fsp3) is 0. The average molecular weight is 457 g/mol. The molecule has 0 aromatic heterocycles. The van der Waals surface area contributed by atoms with E-state index < -0.39 is 0 Å². The molecular formula is C36H24. The van der Waals surface area contributed by atoms with E-state index in [1.54, 1.807) is 0 Å². The van der Waals surface area contributed by atoms with Crippen molar-refractivity contribution in [2.75, 3.05) is 0 Å². The minimum Gasteiger partial charge on any atom is -0.0622 e. The first-order valence-corrected chi connectivity index (χ1v) is 12.4. The normalized spacial score (nSPS) is 11.3. The molecule has 0 aliphatic carbocycles. The van der Waals surface area contributed by atoms with Gasteiger partial charge in [0.05, 0.1) is 0 Å². The highest BCUT2D eigenvalue weighted by molar-refractivity contribution is 6.06. The van der Waals surface area contributed by atoms with Crippen LogP contribution in [0.1, 0.15) is 0 Å². The Bertz CT molecular complexity index is 1880. The van der Waals surface area contributed by atoms with Crippen molar-refractivity contribution in [1.82, 2.24) is 0 Å². The smallest absolute Gasteiger partial charge is 0.00992 e. The minimum atomic E-state index is 1.25. The van der Waals surface area contributed by atoms with Gasteiger partial charge in [-0.3, -0.25) is 0 Å². The number of rotatable bonds is 3. The number of hydrogen-bond donors (Lipinski definition) is 0. The van der Waals surface area contributed by atoms with Crippen molar-refractivity contribution in [3.63, 3.8) is 0 Å². The van der Waals surface area contributed by atoms with E-state index in [9.17, 15) is 0 Å². The molecule has 0 aliphatic rings. The van der Waals surface area contributed by atoms with Gasteiger partial charge in [-0.15, -0.1) is 0 Å². The maximum Gasteiger partial charge on any atom is -0.00992 e. The molecular weight excluding hydrogens is 432 g/mol. The molecule has 0 nitrogen and oxygen atoms in total. The van der Waals surface area contributed by atoms with Gasteiger partial charge in [-0.25, -0.2) is 0 Å². The van der Waals surface area contributed by atoms with E-state index in [4.69, 9.17) is 0 Å². The second kappa shape index (κ2) is 8.52. The maximum absolute atomic E-state index is 2.32. The van der Waals surface area contributed by atoms with Crippen molar-refractivity contribution in [3.05, 3.63) is 146 Å². The largest absolute Gasteiger partial charge is 0.0622 e. The SMILES string of the molecule is c1ccc(-c2ccc(-c3ccc4cc(-c5ccc6ccccc6c5)ccc4c3)c3ccccc23)cc1. The predicted molar refractivity (Wildman–Crippen MR) is 155 cm³/mol. The van der Waals surface area contributed by atoms with Gasteiger partial charge in [-0.2, -0.15) is 0 Å². The Morgan fingerprint density at radius 1 is 0.250 bits per heavy atom. The number of fused-ring (bicyclic) bond motifs is 3. The van der Waals surface area contributed by atoms with Crippen LogP contribution in [0.3, 0.4) is 0 Å². The molecule has 7 aromatic carbocycles. The molecule has 0 heteroatoms. The van der Waals surface area contributed by atoms with Crippen LogP contribution in [-0.4, -0.2) is 0 Å². The van der Waals surface area contributed by atoms with Crippen molar-refractivity contribution in [3.8, 4) is 33.4 Å². The topological polar surface area (TPSA) is 0 Å². The van der Waals surface area contributed by atoms with Crippen LogP contribution >= 0.6 is 0 Å². The maximum atomic E-state index is 2.32. The Kier molecular flexibility index (Phi) is 4.89. The predicted octanol–water partition coefficient (Wildman–Crippen LogP) is 10.1. The lowest BCUT2D eigenvalue weighted by Crippen LogP contribution is -1.87. The van der Waals surface area contributed by atoms with Gasteiger partial charge in [0, 0.05) is 0 Å². The Labute approximate surface area is 211 Å². The lowest BCUT2D eigenvalue weighted by atomic mass is 9.91. The summed E-state index contributed by atoms with van der Waals surface area (Å²) < 4.78 is 0. The molecule has 0 saturated heterocycles. The zero-order valence-corrected chi connectivity index (χ0v) is 19.9. The van der Waals surface area contributed by atoms with Crippen molar-refractivity contribution >= 4 is 32.3 Å². The van der Waals surface area contributed by atoms with E-state index in [2.05, 4.69) is 146 Å². The molecule has 0 saturated carbocycles. The first kappa shape index (κ1) is 20.7. The minimum absolute atomic E-state index is 1.25. The molecule has 0 aliphatic heterocycles. The average Bonchev–Trinajstić information content (AvgIpc) is 2.96. The van der Waals surface area contributed by atoms with Crippen LogP contribution in [0.2, 0.25) is 0 Å². The van der Waals surface area contributed by atoms with E-state index in [1.807, 2.05) is 0 Å². The van der Waals surface area contributed by atoms with Gasteiger partial charge in [0.2, 0.25) is 0 Å². The highest BCUT2D eigenvalue weighted by Crippen LogP contribution is 2.37.